The number of anilines is 4. The Morgan fingerprint density at radius 1 is 0.938 bits per heavy atom. The molecule has 10 heteroatoms. The lowest BCUT2D eigenvalue weighted by Gasteiger charge is -2.30. The fraction of sp³-hybridized carbons (Fsp3) is 0.182. The number of carbonyl (C=O) groups is 2. The predicted molar refractivity (Wildman–Crippen MR) is 121 cm³/mol. The summed E-state index contributed by atoms with van der Waals surface area (Å²) in [6.07, 6.45) is 3.28. The average Bonchev–Trinajstić information content (AvgIpc) is 2.81. The van der Waals surface area contributed by atoms with Crippen LogP contribution in [0.15, 0.2) is 60.9 Å². The van der Waals surface area contributed by atoms with Crippen molar-refractivity contribution in [3.63, 3.8) is 0 Å². The molecule has 3 heterocycles. The molecule has 0 aliphatic carbocycles. The number of rotatable bonds is 5. The second-order valence-corrected chi connectivity index (χ2v) is 7.05. The zero-order valence-electron chi connectivity index (χ0n) is 17.1. The number of nitrogens with one attached hydrogen (secondary N) is 4. The van der Waals surface area contributed by atoms with E-state index in [0.29, 0.717) is 5.69 Å². The fourth-order valence-electron chi connectivity index (χ4n) is 3.31. The van der Waals surface area contributed by atoms with E-state index in [1.165, 1.54) is 30.3 Å². The molecule has 3 amide bonds. The van der Waals surface area contributed by atoms with E-state index in [9.17, 15) is 14.0 Å². The third-order valence-corrected chi connectivity index (χ3v) is 4.85. The molecule has 1 aliphatic rings. The summed E-state index contributed by atoms with van der Waals surface area (Å²) in [6.45, 7) is 3.36. The van der Waals surface area contributed by atoms with E-state index < -0.39 is 17.8 Å². The van der Waals surface area contributed by atoms with Gasteiger partial charge in [-0.15, -0.1) is 0 Å². The van der Waals surface area contributed by atoms with Gasteiger partial charge in [-0.05, 0) is 30.3 Å². The van der Waals surface area contributed by atoms with Crippen molar-refractivity contribution in [2.24, 2.45) is 0 Å². The number of pyridine rings is 2. The van der Waals surface area contributed by atoms with Crippen LogP contribution in [0.5, 0.6) is 0 Å². The van der Waals surface area contributed by atoms with E-state index in [2.05, 4.69) is 36.1 Å². The molecule has 1 aliphatic heterocycles. The number of carbonyl (C=O) groups excluding carboxylic acids is 2. The Morgan fingerprint density at radius 2 is 1.75 bits per heavy atom. The number of nitrogens with zero attached hydrogens (tertiary/aromatic N) is 3. The highest BCUT2D eigenvalue weighted by atomic mass is 19.1. The Bertz CT molecular complexity index is 1120. The van der Waals surface area contributed by atoms with Crippen LogP contribution in [-0.4, -0.2) is 48.1 Å². The third-order valence-electron chi connectivity index (χ3n) is 4.85. The minimum atomic E-state index is -0.673. The Labute approximate surface area is 184 Å². The van der Waals surface area contributed by atoms with Gasteiger partial charge in [0.15, 0.2) is 0 Å². The van der Waals surface area contributed by atoms with Crippen LogP contribution < -0.4 is 26.2 Å². The zero-order valence-corrected chi connectivity index (χ0v) is 17.1. The maximum Gasteiger partial charge on any atom is 0.324 e. The van der Waals surface area contributed by atoms with Gasteiger partial charge in [-0.2, -0.15) is 0 Å². The summed E-state index contributed by atoms with van der Waals surface area (Å²) in [6, 6.07) is 11.7. The first kappa shape index (κ1) is 21.2. The molecule has 9 nitrogen and oxygen atoms in total. The first-order valence-electron chi connectivity index (χ1n) is 10.1. The normalized spacial score (nSPS) is 13.3. The van der Waals surface area contributed by atoms with E-state index in [1.807, 2.05) is 6.07 Å². The first-order valence-corrected chi connectivity index (χ1v) is 10.1. The lowest BCUT2D eigenvalue weighted by atomic mass is 10.2. The van der Waals surface area contributed by atoms with Crippen molar-refractivity contribution in [3.8, 4) is 0 Å². The number of hydrogen-bond donors (Lipinski definition) is 4. The molecular formula is C22H22FN7O2. The van der Waals surface area contributed by atoms with Crippen LogP contribution in [0.4, 0.5) is 32.1 Å². The highest BCUT2D eigenvalue weighted by Gasteiger charge is 2.17. The molecule has 1 fully saturated rings. The summed E-state index contributed by atoms with van der Waals surface area (Å²) in [5.74, 6) is -0.840. The summed E-state index contributed by atoms with van der Waals surface area (Å²) in [7, 11) is 0. The molecule has 0 radical (unpaired) electrons. The van der Waals surface area contributed by atoms with Crippen LogP contribution >= 0.6 is 0 Å². The topological polar surface area (TPSA) is 111 Å². The number of urea groups is 1. The average molecular weight is 435 g/mol. The SMILES string of the molecule is O=C(Nc1cccc(C(=O)Nc2cnccc2N2CCNCC2)n1)Nc1ccccc1F. The maximum atomic E-state index is 13.7. The van der Waals surface area contributed by atoms with E-state index in [1.54, 1.807) is 24.5 Å². The molecule has 4 rings (SSSR count). The lowest BCUT2D eigenvalue weighted by molar-refractivity contribution is 0.102. The third kappa shape index (κ3) is 5.16. The molecule has 1 aromatic carbocycles. The molecule has 1 saturated heterocycles. The summed E-state index contributed by atoms with van der Waals surface area (Å²) in [5.41, 5.74) is 1.62. The van der Waals surface area contributed by atoms with Crippen LogP contribution in [0.2, 0.25) is 0 Å². The second kappa shape index (κ2) is 9.84. The van der Waals surface area contributed by atoms with Gasteiger partial charge in [0.05, 0.1) is 23.3 Å². The van der Waals surface area contributed by atoms with Gasteiger partial charge in [-0.25, -0.2) is 14.2 Å². The largest absolute Gasteiger partial charge is 0.367 e. The molecule has 0 bridgehead atoms. The van der Waals surface area contributed by atoms with Gasteiger partial charge in [0.1, 0.15) is 17.3 Å². The van der Waals surface area contributed by atoms with Crippen LogP contribution in [0, 0.1) is 5.82 Å². The molecule has 3 aromatic rings. The number of piperazine rings is 1. The van der Waals surface area contributed by atoms with Crippen LogP contribution in [0.1, 0.15) is 10.5 Å². The Morgan fingerprint density at radius 3 is 2.56 bits per heavy atom. The van der Waals surface area contributed by atoms with Gasteiger partial charge >= 0.3 is 6.03 Å². The van der Waals surface area contributed by atoms with Crippen molar-refractivity contribution in [1.29, 1.82) is 0 Å². The molecule has 0 saturated carbocycles. The van der Waals surface area contributed by atoms with Crippen molar-refractivity contribution in [2.45, 2.75) is 0 Å². The van der Waals surface area contributed by atoms with E-state index in [0.717, 1.165) is 31.9 Å². The molecule has 0 atom stereocenters. The van der Waals surface area contributed by atoms with Crippen molar-refractivity contribution >= 4 is 34.8 Å². The molecule has 32 heavy (non-hydrogen) atoms. The fourth-order valence-corrected chi connectivity index (χ4v) is 3.31. The zero-order chi connectivity index (χ0) is 22.3. The van der Waals surface area contributed by atoms with Gasteiger partial charge in [-0.3, -0.25) is 15.1 Å². The maximum absolute atomic E-state index is 13.7. The highest BCUT2D eigenvalue weighted by Crippen LogP contribution is 2.25. The smallest absolute Gasteiger partial charge is 0.324 e. The van der Waals surface area contributed by atoms with Crippen LogP contribution in [-0.2, 0) is 0 Å². The summed E-state index contributed by atoms with van der Waals surface area (Å²) >= 11 is 0. The number of halogens is 1. The summed E-state index contributed by atoms with van der Waals surface area (Å²) in [4.78, 5) is 35.5. The minimum Gasteiger partial charge on any atom is -0.367 e. The Hall–Kier alpha value is -4.05. The number of benzene rings is 1. The highest BCUT2D eigenvalue weighted by molar-refractivity contribution is 6.05. The molecule has 0 unspecified atom stereocenters. The number of amides is 3. The summed E-state index contributed by atoms with van der Waals surface area (Å²) < 4.78 is 13.7. The van der Waals surface area contributed by atoms with Gasteiger partial charge in [0, 0.05) is 32.4 Å². The van der Waals surface area contributed by atoms with Gasteiger partial charge in [-0.1, -0.05) is 18.2 Å². The van der Waals surface area contributed by atoms with Crippen molar-refractivity contribution in [1.82, 2.24) is 15.3 Å². The number of hydrogen-bond acceptors (Lipinski definition) is 6. The molecular weight excluding hydrogens is 413 g/mol. The Balaban J connectivity index is 1.44. The number of aromatic nitrogens is 2. The van der Waals surface area contributed by atoms with Crippen LogP contribution in [0.25, 0.3) is 0 Å². The van der Waals surface area contributed by atoms with E-state index in [-0.39, 0.29) is 17.2 Å². The van der Waals surface area contributed by atoms with Crippen LogP contribution in [0.3, 0.4) is 0 Å². The monoisotopic (exact) mass is 435 g/mol. The van der Waals surface area contributed by atoms with Gasteiger partial charge in [0.2, 0.25) is 0 Å². The van der Waals surface area contributed by atoms with Gasteiger partial charge < -0.3 is 20.9 Å². The van der Waals surface area contributed by atoms with Crippen molar-refractivity contribution < 1.29 is 14.0 Å². The molecule has 4 N–H and O–H groups in total. The van der Waals surface area contributed by atoms with E-state index in [4.69, 9.17) is 0 Å². The predicted octanol–water partition coefficient (Wildman–Crippen LogP) is 2.92. The van der Waals surface area contributed by atoms with Crippen molar-refractivity contribution in [2.75, 3.05) is 47.0 Å². The van der Waals surface area contributed by atoms with Gasteiger partial charge in [0.25, 0.3) is 5.91 Å². The molecule has 0 spiro atoms. The molecule has 164 valence electrons. The lowest BCUT2D eigenvalue weighted by Crippen LogP contribution is -2.43. The van der Waals surface area contributed by atoms with Crippen molar-refractivity contribution in [3.05, 3.63) is 72.4 Å². The standard InChI is InChI=1S/C22H22FN7O2/c23-15-4-1-2-5-16(15)28-22(32)29-20-7-3-6-17(26-20)21(31)27-18-14-25-9-8-19(18)30-12-10-24-11-13-30/h1-9,14,24H,10-13H2,(H,27,31)(H2,26,28,29,32). The minimum absolute atomic E-state index is 0.0379. The Kier molecular flexibility index (Phi) is 6.52. The first-order chi connectivity index (χ1) is 15.6. The van der Waals surface area contributed by atoms with E-state index >= 15 is 0 Å². The molecule has 2 aromatic heterocycles. The summed E-state index contributed by atoms with van der Waals surface area (Å²) in [5, 5.41) is 11.1. The second-order valence-electron chi connectivity index (χ2n) is 7.05. The number of para-hydroxylation sites is 1. The quantitative estimate of drug-likeness (QED) is 0.490.